The second-order valence-corrected chi connectivity index (χ2v) is 32.0. The van der Waals surface area contributed by atoms with Gasteiger partial charge >= 0.3 is 6.03 Å². The SMILES string of the molecule is CCCCCCCCNC(=O)NC(=O)C[C@@H]1NC(=O)[C@H](NC(=O)[C@@H](CC(C)C)NC)[C@H](O)c2ccc(c(Cl)c2)Oc2cc3cc(c2O[C@@H]2O[C@H](CNC(C)=O)[C@H](O)[C@H](O)[C@H]2O)Oc2ccc(cc2Cl)[C@@H](O)[C@@H]2NC(=O)[C@H](NC(=O)[C@@H]3NC1=O)c1ccc(O)c(c1)-c1c(O)cc(O)cc1[C@@H](C(=O)NC1C3CC4CC(C3)CC1C4)NC2=O. The number of carbonyl (C=O) groups is 10. The first-order valence-corrected chi connectivity index (χ1v) is 39.5. The molecule has 6 aliphatic heterocycles. The number of aliphatic hydroxyl groups is 5. The highest BCUT2D eigenvalue weighted by atomic mass is 35.5. The van der Waals surface area contributed by atoms with Crippen LogP contribution in [0.15, 0.2) is 78.9 Å². The summed E-state index contributed by atoms with van der Waals surface area (Å²) in [7, 11) is 1.48. The zero-order valence-corrected chi connectivity index (χ0v) is 65.2. The highest BCUT2D eigenvalue weighted by molar-refractivity contribution is 6.32. The van der Waals surface area contributed by atoms with E-state index in [4.69, 9.17) is 42.1 Å². The van der Waals surface area contributed by atoms with Crippen LogP contribution in [0.4, 0.5) is 4.79 Å². The van der Waals surface area contributed by atoms with Gasteiger partial charge in [-0.05, 0) is 164 Å². The summed E-state index contributed by atoms with van der Waals surface area (Å²) in [5.74, 6) is -13.9. The van der Waals surface area contributed by atoms with Gasteiger partial charge in [0, 0.05) is 43.2 Å². The second-order valence-electron chi connectivity index (χ2n) is 31.2. The predicted molar refractivity (Wildman–Crippen MR) is 412 cm³/mol. The molecule has 6 heterocycles. The molecule has 15 rings (SSSR count). The van der Waals surface area contributed by atoms with E-state index >= 15 is 28.8 Å². The maximum absolute atomic E-state index is 16.4. The molecule has 5 fully saturated rings. The van der Waals surface area contributed by atoms with Crippen LogP contribution in [0.3, 0.4) is 0 Å². The number of carbonyl (C=O) groups excluding carboxylic acids is 10. The number of rotatable bonds is 20. The summed E-state index contributed by atoms with van der Waals surface area (Å²) in [6.07, 6.45) is -5.39. The Hall–Kier alpha value is -10.1. The molecule has 10 aliphatic rings. The van der Waals surface area contributed by atoms with Crippen molar-refractivity contribution in [3.05, 3.63) is 117 Å². The van der Waals surface area contributed by atoms with Crippen molar-refractivity contribution in [1.29, 1.82) is 0 Å². The Balaban J connectivity index is 1.05. The van der Waals surface area contributed by atoms with Crippen LogP contribution >= 0.6 is 23.2 Å². The van der Waals surface area contributed by atoms with Crippen molar-refractivity contribution in [3.8, 4) is 57.1 Å². The van der Waals surface area contributed by atoms with Gasteiger partial charge in [0.1, 0.15) is 102 Å². The van der Waals surface area contributed by atoms with Crippen molar-refractivity contribution in [1.82, 2.24) is 58.5 Å². The number of unbranched alkanes of at least 4 members (excludes halogenated alkanes) is 5. The van der Waals surface area contributed by atoms with Crippen LogP contribution in [0.5, 0.6) is 46.0 Å². The van der Waals surface area contributed by atoms with Gasteiger partial charge in [-0.1, -0.05) is 94.3 Å². The average molecular weight is 1640 g/mol. The van der Waals surface area contributed by atoms with Crippen molar-refractivity contribution in [3.63, 3.8) is 0 Å². The molecule has 4 saturated carbocycles. The van der Waals surface area contributed by atoms with Crippen molar-refractivity contribution in [2.24, 2.45) is 29.6 Å². The number of aromatic hydroxyl groups is 3. The molecular weight excluding hydrogens is 1540 g/mol. The van der Waals surface area contributed by atoms with Gasteiger partial charge in [0.05, 0.1) is 22.5 Å². The molecule has 0 aromatic heterocycles. The van der Waals surface area contributed by atoms with E-state index in [1.54, 1.807) is 0 Å². The van der Waals surface area contributed by atoms with Crippen LogP contribution in [-0.2, 0) is 47.9 Å². The monoisotopic (exact) mass is 1630 g/mol. The third-order valence-electron chi connectivity index (χ3n) is 22.4. The van der Waals surface area contributed by atoms with Gasteiger partial charge in [-0.2, -0.15) is 0 Å². The first-order chi connectivity index (χ1) is 54.8. The molecule has 618 valence electrons. The molecule has 14 atom stereocenters. The highest BCUT2D eigenvalue weighted by Gasteiger charge is 2.51. The van der Waals surface area contributed by atoms with Gasteiger partial charge in [-0.25, -0.2) is 4.79 Å². The lowest BCUT2D eigenvalue weighted by atomic mass is 9.54. The zero-order chi connectivity index (χ0) is 82.5. The fourth-order valence-electron chi connectivity index (χ4n) is 16.7. The van der Waals surface area contributed by atoms with Gasteiger partial charge in [-0.3, -0.25) is 48.5 Å². The lowest BCUT2D eigenvalue weighted by Gasteiger charge is -2.54. The maximum atomic E-state index is 16.4. The van der Waals surface area contributed by atoms with E-state index in [2.05, 4.69) is 65.4 Å². The van der Waals surface area contributed by atoms with Crippen molar-refractivity contribution in [2.75, 3.05) is 20.1 Å². The van der Waals surface area contributed by atoms with E-state index in [-0.39, 0.29) is 86.7 Å². The largest absolute Gasteiger partial charge is 0.508 e. The van der Waals surface area contributed by atoms with Gasteiger partial charge in [0.2, 0.25) is 65.2 Å². The maximum Gasteiger partial charge on any atom is 0.321 e. The molecular formula is C80H97Cl2N11O22. The molecule has 19 N–H and O–H groups in total. The quantitative estimate of drug-likeness (QED) is 0.0474. The molecule has 1 saturated heterocycles. The van der Waals surface area contributed by atoms with Crippen LogP contribution in [0, 0.1) is 29.6 Å². The summed E-state index contributed by atoms with van der Waals surface area (Å²) in [6.45, 7) is 6.53. The van der Waals surface area contributed by atoms with Crippen LogP contribution in [0.1, 0.15) is 169 Å². The third kappa shape index (κ3) is 19.2. The Kier molecular flexibility index (Phi) is 26.7. The number of halogens is 2. The van der Waals surface area contributed by atoms with Crippen LogP contribution in [0.25, 0.3) is 11.1 Å². The number of hydrogen-bond acceptors (Lipinski definition) is 23. The summed E-state index contributed by atoms with van der Waals surface area (Å²) in [5.41, 5.74) is -2.15. The Morgan fingerprint density at radius 3 is 1.84 bits per heavy atom. The molecule has 5 aromatic rings. The summed E-state index contributed by atoms with van der Waals surface area (Å²) in [5, 5.41) is 123. The molecule has 0 spiro atoms. The fourth-order valence-corrected chi connectivity index (χ4v) is 17.2. The lowest BCUT2D eigenvalue weighted by Crippen LogP contribution is -2.61. The average Bonchev–Trinajstić information content (AvgIpc) is 0.740. The molecule has 15 bridgehead atoms. The minimum absolute atomic E-state index is 0.0693. The van der Waals surface area contributed by atoms with Crippen molar-refractivity contribution in [2.45, 2.75) is 202 Å². The van der Waals surface area contributed by atoms with E-state index in [9.17, 15) is 60.0 Å². The second kappa shape index (κ2) is 36.4. The van der Waals surface area contributed by atoms with Crippen LogP contribution in [0.2, 0.25) is 10.0 Å². The minimum Gasteiger partial charge on any atom is -0.508 e. The van der Waals surface area contributed by atoms with E-state index in [0.717, 1.165) is 126 Å². The molecule has 5 aromatic carbocycles. The normalized spacial score (nSPS) is 27.9. The molecule has 0 radical (unpaired) electrons. The Labute approximate surface area is 671 Å². The number of phenols is 3. The number of urea groups is 1. The molecule has 11 amide bonds. The number of imide groups is 1. The number of aliphatic hydroxyl groups excluding tert-OH is 5. The van der Waals surface area contributed by atoms with Crippen molar-refractivity contribution >= 4 is 82.4 Å². The number of ether oxygens (including phenoxy) is 4. The third-order valence-corrected chi connectivity index (χ3v) is 23.0. The number of phenolic OH excluding ortho intramolecular Hbond substituents is 3. The molecule has 33 nitrogen and oxygen atoms in total. The Morgan fingerprint density at radius 1 is 0.609 bits per heavy atom. The Bertz CT molecular complexity index is 4530. The highest BCUT2D eigenvalue weighted by Crippen LogP contribution is 2.55. The first kappa shape index (κ1) is 84.3. The number of nitrogens with one attached hydrogen (secondary N) is 11. The van der Waals surface area contributed by atoms with E-state index in [1.807, 2.05) is 13.8 Å². The summed E-state index contributed by atoms with van der Waals surface area (Å²) in [6, 6.07) is -0.870. The van der Waals surface area contributed by atoms with E-state index in [1.165, 1.54) is 31.3 Å². The summed E-state index contributed by atoms with van der Waals surface area (Å²) in [4.78, 5) is 149. The standard InChI is InChI=1S/C80H97Cl2N11O22/c1-6-7-8-9-10-11-18-84-80(111)87-58(98)32-50-73(105)89-62-43-28-55(112-53-16-13-39(26-47(53)81)66(99)64(77(109)86-50)92-72(104)49(83-5)19-34(2)3)71(115-79-70(103)69(102)68(101)57(114-79)33-85-35(4)94)56(29-43)113-54-17-14-40(27-48(54)82)67(100)65-78(110)91-63(76(108)88-60-41-21-36-20-37(23-41)24-42(60)22-36)46-30-44(95)31-52(97)59(46)45-25-38(12-15-51(45)96)61(74(106)93-65)90-75(62)107/h12-17,25-31,34,36-37,41-42,49-50,57,60-70,79,83,95-97,99-103H,6-11,18-24,32-33H2,1-5H3,(H,85,94)(H,86,109)(H,88,108)(H,89,105)(H,90,107)(H,91,110)(H,92,104)(H,93,106)(H2,84,87,98,111)/t36?,37?,41?,42?,49-,50+,57-,60?,61-,62-,63+,64-,65+,66-,67-,68+,69+,70-,79+/m1/s1. The molecule has 35 heteroatoms. The number of hydrogen-bond donors (Lipinski definition) is 19. The lowest BCUT2D eigenvalue weighted by molar-refractivity contribution is -0.271. The zero-order valence-electron chi connectivity index (χ0n) is 63.7. The van der Waals surface area contributed by atoms with Gasteiger partial charge in [-0.15, -0.1) is 0 Å². The first-order valence-electron chi connectivity index (χ1n) is 38.7. The Morgan fingerprint density at radius 2 is 1.22 bits per heavy atom. The van der Waals surface area contributed by atoms with Crippen molar-refractivity contribution < 1.29 is 108 Å². The van der Waals surface area contributed by atoms with Gasteiger partial charge < -0.3 is 113 Å². The topological polar surface area (TPSA) is 502 Å². The van der Waals surface area contributed by atoms with E-state index in [0.29, 0.717) is 18.3 Å². The van der Waals surface area contributed by atoms with E-state index < -0.39 is 202 Å². The number of likely N-dealkylation sites (N-methyl/N-ethyl adjacent to an activating group) is 1. The number of amides is 11. The molecule has 0 unspecified atom stereocenters. The fraction of sp³-hybridized carbons (Fsp3) is 0.500. The molecule has 115 heavy (non-hydrogen) atoms. The van der Waals surface area contributed by atoms with Crippen LogP contribution < -0.4 is 72.7 Å². The molecule has 4 aliphatic carbocycles. The van der Waals surface area contributed by atoms with Crippen LogP contribution in [-0.4, -0.2) is 181 Å². The van der Waals surface area contributed by atoms with Gasteiger partial charge in [0.25, 0.3) is 0 Å². The summed E-state index contributed by atoms with van der Waals surface area (Å²) >= 11 is 14.3. The predicted octanol–water partition coefficient (Wildman–Crippen LogP) is 4.57. The number of fused-ring (bicyclic) bond motifs is 15. The smallest absolute Gasteiger partial charge is 0.321 e. The minimum atomic E-state index is -2.37. The summed E-state index contributed by atoms with van der Waals surface area (Å²) < 4.78 is 25.8. The van der Waals surface area contributed by atoms with Gasteiger partial charge in [0.15, 0.2) is 11.5 Å². The number of benzene rings is 5.